The minimum atomic E-state index is -2.24. The fourth-order valence-electron chi connectivity index (χ4n) is 1.89. The van der Waals surface area contributed by atoms with Crippen molar-refractivity contribution in [2.45, 2.75) is 38.9 Å². The molecule has 0 aromatic carbocycles. The molecule has 4 heteroatoms. The Balaban J connectivity index is 4.90. The van der Waals surface area contributed by atoms with E-state index < -0.39 is 8.07 Å². The Labute approximate surface area is 91.6 Å². The smallest absolute Gasteiger partial charge is 0.127 e. The molecule has 3 nitrogen and oxygen atoms in total. The van der Waals surface area contributed by atoms with Crippen molar-refractivity contribution in [2.75, 3.05) is 0 Å². The number of hydrogen-bond acceptors (Lipinski definition) is 3. The maximum Gasteiger partial charge on any atom is 0.127 e. The zero-order valence-electron chi connectivity index (χ0n) is 9.63. The van der Waals surface area contributed by atoms with Crippen LogP contribution in [0.4, 0.5) is 0 Å². The summed E-state index contributed by atoms with van der Waals surface area (Å²) in [5.41, 5.74) is 1.71. The molecule has 0 aromatic heterocycles. The molecule has 0 spiro atoms. The number of ketones is 3. The summed E-state index contributed by atoms with van der Waals surface area (Å²) >= 11 is 0. The monoisotopic (exact) mass is 226 g/mol. The van der Waals surface area contributed by atoms with E-state index in [9.17, 15) is 14.4 Å². The second-order valence-electron chi connectivity index (χ2n) is 4.20. The number of rotatable bonds is 7. The van der Waals surface area contributed by atoms with Crippen LogP contribution < -0.4 is 0 Å². The lowest BCUT2D eigenvalue weighted by Crippen LogP contribution is -2.38. The van der Waals surface area contributed by atoms with Crippen molar-refractivity contribution in [1.82, 2.24) is 0 Å². The Hall–Kier alpha value is -1.03. The molecule has 0 unspecified atom stereocenters. The van der Waals surface area contributed by atoms with Gasteiger partial charge in [0.05, 0.1) is 8.07 Å². The summed E-state index contributed by atoms with van der Waals surface area (Å²) in [7, 11) is -2.24. The summed E-state index contributed by atoms with van der Waals surface area (Å²) in [6.45, 7) is 8.17. The van der Waals surface area contributed by atoms with Crippen LogP contribution in [0.1, 0.15) is 20.8 Å². The third-order valence-corrected chi connectivity index (χ3v) is 6.71. The van der Waals surface area contributed by atoms with Gasteiger partial charge in [-0.05, 0) is 20.8 Å². The SMILES string of the molecule is C=C[Si](CC(C)=O)(CC(C)=O)CC(C)=O. The summed E-state index contributed by atoms with van der Waals surface area (Å²) in [5, 5.41) is 0. The summed E-state index contributed by atoms with van der Waals surface area (Å²) in [5.74, 6) is 0.0946. The van der Waals surface area contributed by atoms with Crippen LogP contribution in [0.5, 0.6) is 0 Å². The second kappa shape index (κ2) is 5.75. The van der Waals surface area contributed by atoms with E-state index >= 15 is 0 Å². The molecule has 0 saturated heterocycles. The van der Waals surface area contributed by atoms with E-state index in [1.54, 1.807) is 5.70 Å². The van der Waals surface area contributed by atoms with Gasteiger partial charge in [-0.2, -0.15) is 0 Å². The van der Waals surface area contributed by atoms with E-state index in [1.165, 1.54) is 20.8 Å². The molecule has 0 saturated carbocycles. The first-order chi connectivity index (χ1) is 6.81. The number of hydrogen-bond donors (Lipinski definition) is 0. The van der Waals surface area contributed by atoms with Gasteiger partial charge in [-0.15, -0.1) is 12.3 Å². The highest BCUT2D eigenvalue weighted by Gasteiger charge is 2.33. The highest BCUT2D eigenvalue weighted by atomic mass is 28.3. The Bertz CT molecular complexity index is 253. The highest BCUT2D eigenvalue weighted by molar-refractivity contribution is 6.90. The second-order valence-corrected chi connectivity index (χ2v) is 8.40. The zero-order chi connectivity index (χ0) is 12.1. The Kier molecular flexibility index (Phi) is 5.36. The fourth-order valence-corrected chi connectivity index (χ4v) is 5.67. The third kappa shape index (κ3) is 5.42. The molecule has 0 bridgehead atoms. The first-order valence-corrected chi connectivity index (χ1v) is 7.63. The predicted molar refractivity (Wildman–Crippen MR) is 62.4 cm³/mol. The topological polar surface area (TPSA) is 51.2 Å². The minimum Gasteiger partial charge on any atom is -0.300 e. The molecule has 0 atom stereocenters. The van der Waals surface area contributed by atoms with Gasteiger partial charge in [-0.25, -0.2) is 0 Å². The summed E-state index contributed by atoms with van der Waals surface area (Å²) in [6, 6.07) is 1.03. The Morgan fingerprint density at radius 3 is 1.33 bits per heavy atom. The molecule has 84 valence electrons. The van der Waals surface area contributed by atoms with Gasteiger partial charge in [0, 0.05) is 18.1 Å². The van der Waals surface area contributed by atoms with Gasteiger partial charge < -0.3 is 14.4 Å². The van der Waals surface area contributed by atoms with Crippen LogP contribution in [0.15, 0.2) is 12.3 Å². The van der Waals surface area contributed by atoms with E-state index in [0.29, 0.717) is 18.1 Å². The standard InChI is InChI=1S/C11H18O3Si/c1-5-15(6-9(2)12,7-10(3)13)8-11(4)14/h5H,1,6-8H2,2-4H3. The van der Waals surface area contributed by atoms with Crippen molar-refractivity contribution in [3.05, 3.63) is 12.3 Å². The van der Waals surface area contributed by atoms with Gasteiger partial charge in [0.15, 0.2) is 0 Å². The van der Waals surface area contributed by atoms with E-state index in [0.717, 1.165) is 0 Å². The van der Waals surface area contributed by atoms with Gasteiger partial charge >= 0.3 is 0 Å². The van der Waals surface area contributed by atoms with E-state index in [4.69, 9.17) is 0 Å². The fraction of sp³-hybridized carbons (Fsp3) is 0.545. The largest absolute Gasteiger partial charge is 0.300 e. The third-order valence-electron chi connectivity index (χ3n) is 2.24. The van der Waals surface area contributed by atoms with E-state index in [-0.39, 0.29) is 17.3 Å². The van der Waals surface area contributed by atoms with Crippen molar-refractivity contribution in [3.63, 3.8) is 0 Å². The van der Waals surface area contributed by atoms with Crippen LogP contribution in [0.3, 0.4) is 0 Å². The minimum absolute atomic E-state index is 0.0315. The van der Waals surface area contributed by atoms with Crippen molar-refractivity contribution in [2.24, 2.45) is 0 Å². The first kappa shape index (κ1) is 14.0. The van der Waals surface area contributed by atoms with Gasteiger partial charge in [-0.3, -0.25) is 0 Å². The summed E-state index contributed by atoms with van der Waals surface area (Å²) in [4.78, 5) is 33.4. The zero-order valence-corrected chi connectivity index (χ0v) is 10.6. The normalized spacial score (nSPS) is 10.9. The van der Waals surface area contributed by atoms with Gasteiger partial charge in [0.25, 0.3) is 0 Å². The van der Waals surface area contributed by atoms with Gasteiger partial charge in [-0.1, -0.05) is 0 Å². The van der Waals surface area contributed by atoms with Gasteiger partial charge in [0.2, 0.25) is 0 Å². The lowest BCUT2D eigenvalue weighted by Gasteiger charge is -2.24. The number of Topliss-reactive ketones (excluding diaryl/α,β-unsaturated/α-hetero) is 3. The summed E-state index contributed by atoms with van der Waals surface area (Å²) in [6.07, 6.45) is 0. The average Bonchev–Trinajstić information content (AvgIpc) is 1.99. The van der Waals surface area contributed by atoms with Crippen molar-refractivity contribution in [3.8, 4) is 0 Å². The molecule has 0 aliphatic carbocycles. The molecule has 0 radical (unpaired) electrons. The Morgan fingerprint density at radius 2 is 1.20 bits per heavy atom. The highest BCUT2D eigenvalue weighted by Crippen LogP contribution is 2.23. The van der Waals surface area contributed by atoms with Crippen molar-refractivity contribution < 1.29 is 14.4 Å². The van der Waals surface area contributed by atoms with Crippen LogP contribution in [-0.4, -0.2) is 25.4 Å². The Morgan fingerprint density at radius 1 is 0.933 bits per heavy atom. The molecule has 0 amide bonds. The quantitative estimate of drug-likeness (QED) is 0.623. The first-order valence-electron chi connectivity index (χ1n) is 4.93. The van der Waals surface area contributed by atoms with Crippen LogP contribution >= 0.6 is 0 Å². The maximum atomic E-state index is 11.1. The molecule has 0 N–H and O–H groups in total. The molecule has 0 aromatic rings. The van der Waals surface area contributed by atoms with E-state index in [2.05, 4.69) is 6.58 Å². The molecule has 0 fully saturated rings. The van der Waals surface area contributed by atoms with Crippen LogP contribution in [-0.2, 0) is 14.4 Å². The number of carbonyl (C=O) groups excluding carboxylic acids is 3. The predicted octanol–water partition coefficient (Wildman–Crippen LogP) is 1.93. The summed E-state index contributed by atoms with van der Waals surface area (Å²) < 4.78 is 0. The van der Waals surface area contributed by atoms with Crippen LogP contribution in [0.2, 0.25) is 18.1 Å². The number of carbonyl (C=O) groups is 3. The molecule has 0 rings (SSSR count). The lowest BCUT2D eigenvalue weighted by atomic mass is 10.5. The maximum absolute atomic E-state index is 11.1. The molecule has 0 aliphatic heterocycles. The van der Waals surface area contributed by atoms with Crippen molar-refractivity contribution in [1.29, 1.82) is 0 Å². The lowest BCUT2D eigenvalue weighted by molar-refractivity contribution is -0.115. The molecule has 0 aliphatic rings. The molecule has 0 heterocycles. The van der Waals surface area contributed by atoms with Crippen molar-refractivity contribution >= 4 is 25.4 Å². The molecular formula is C11H18O3Si. The van der Waals surface area contributed by atoms with Crippen LogP contribution in [0, 0.1) is 0 Å². The molecule has 15 heavy (non-hydrogen) atoms. The van der Waals surface area contributed by atoms with E-state index in [1.807, 2.05) is 0 Å². The average molecular weight is 226 g/mol. The van der Waals surface area contributed by atoms with Gasteiger partial charge in [0.1, 0.15) is 17.3 Å². The molecular weight excluding hydrogens is 208 g/mol. The van der Waals surface area contributed by atoms with Crippen LogP contribution in [0.25, 0.3) is 0 Å².